The van der Waals surface area contributed by atoms with E-state index in [9.17, 15) is 9.18 Å². The minimum absolute atomic E-state index is 0.0823. The Morgan fingerprint density at radius 2 is 1.95 bits per heavy atom. The maximum atomic E-state index is 13.6. The largest absolute Gasteiger partial charge is 0.508 e. The first-order chi connectivity index (χ1) is 9.06. The molecule has 0 radical (unpaired) electrons. The number of benzene rings is 1. The maximum absolute atomic E-state index is 13.6. The SMILES string of the molecule is CCCCCCCC(C)C(=O)c1ccc(O)cc1F. The van der Waals surface area contributed by atoms with Crippen LogP contribution in [0.2, 0.25) is 0 Å². The Morgan fingerprint density at radius 3 is 2.58 bits per heavy atom. The van der Waals surface area contributed by atoms with Gasteiger partial charge in [0.25, 0.3) is 0 Å². The molecule has 0 heterocycles. The van der Waals surface area contributed by atoms with Crippen molar-refractivity contribution in [3.05, 3.63) is 29.6 Å². The van der Waals surface area contributed by atoms with Crippen molar-refractivity contribution in [1.82, 2.24) is 0 Å². The summed E-state index contributed by atoms with van der Waals surface area (Å²) in [6.07, 6.45) is 6.56. The summed E-state index contributed by atoms with van der Waals surface area (Å²) in [6, 6.07) is 3.70. The fraction of sp³-hybridized carbons (Fsp3) is 0.562. The smallest absolute Gasteiger partial charge is 0.168 e. The van der Waals surface area contributed by atoms with Gasteiger partial charge in [0, 0.05) is 12.0 Å². The second-order valence-electron chi connectivity index (χ2n) is 5.13. The molecular formula is C16H23FO2. The number of phenols is 1. The molecule has 1 rings (SSSR count). The molecule has 0 amide bonds. The monoisotopic (exact) mass is 266 g/mol. The molecule has 0 fully saturated rings. The van der Waals surface area contributed by atoms with Crippen LogP contribution in [0.1, 0.15) is 62.7 Å². The maximum Gasteiger partial charge on any atom is 0.168 e. The highest BCUT2D eigenvalue weighted by atomic mass is 19.1. The van der Waals surface area contributed by atoms with E-state index in [0.29, 0.717) is 0 Å². The Balaban J connectivity index is 2.47. The third-order valence-electron chi connectivity index (χ3n) is 3.41. The van der Waals surface area contributed by atoms with E-state index in [1.165, 1.54) is 31.4 Å². The van der Waals surface area contributed by atoms with Crippen LogP contribution < -0.4 is 0 Å². The molecule has 0 aliphatic carbocycles. The van der Waals surface area contributed by atoms with E-state index in [1.54, 1.807) is 0 Å². The molecule has 19 heavy (non-hydrogen) atoms. The van der Waals surface area contributed by atoms with Gasteiger partial charge in [-0.05, 0) is 18.6 Å². The van der Waals surface area contributed by atoms with Crippen molar-refractivity contribution in [2.75, 3.05) is 0 Å². The van der Waals surface area contributed by atoms with Crippen LogP contribution in [0.3, 0.4) is 0 Å². The summed E-state index contributed by atoms with van der Waals surface area (Å²) in [5.74, 6) is -1.13. The van der Waals surface area contributed by atoms with Gasteiger partial charge in [-0.15, -0.1) is 0 Å². The molecule has 0 aliphatic rings. The lowest BCUT2D eigenvalue weighted by molar-refractivity contribution is 0.0918. The number of ketones is 1. The number of phenolic OH excluding ortho intramolecular Hbond substituents is 1. The minimum Gasteiger partial charge on any atom is -0.508 e. The minimum atomic E-state index is -0.636. The van der Waals surface area contributed by atoms with E-state index in [4.69, 9.17) is 5.11 Å². The zero-order valence-corrected chi connectivity index (χ0v) is 11.8. The molecule has 0 aliphatic heterocycles. The molecule has 106 valence electrons. The Kier molecular flexibility index (Phi) is 6.54. The van der Waals surface area contributed by atoms with E-state index in [0.717, 1.165) is 25.3 Å². The number of hydrogen-bond donors (Lipinski definition) is 1. The summed E-state index contributed by atoms with van der Waals surface area (Å²) in [5.41, 5.74) is 0.0823. The molecule has 0 bridgehead atoms. The number of unbranched alkanes of at least 4 members (excludes halogenated alkanes) is 4. The molecule has 1 N–H and O–H groups in total. The van der Waals surface area contributed by atoms with Crippen LogP contribution >= 0.6 is 0 Å². The van der Waals surface area contributed by atoms with Crippen molar-refractivity contribution in [3.63, 3.8) is 0 Å². The first kappa shape index (κ1) is 15.7. The summed E-state index contributed by atoms with van der Waals surface area (Å²) in [7, 11) is 0. The van der Waals surface area contributed by atoms with Crippen LogP contribution in [0.5, 0.6) is 5.75 Å². The number of halogens is 1. The lowest BCUT2D eigenvalue weighted by Crippen LogP contribution is -2.13. The second-order valence-corrected chi connectivity index (χ2v) is 5.13. The fourth-order valence-corrected chi connectivity index (χ4v) is 2.15. The number of carbonyl (C=O) groups excluding carboxylic acids is 1. The highest BCUT2D eigenvalue weighted by Crippen LogP contribution is 2.21. The van der Waals surface area contributed by atoms with Gasteiger partial charge in [-0.2, -0.15) is 0 Å². The van der Waals surface area contributed by atoms with Gasteiger partial charge in [0.2, 0.25) is 0 Å². The predicted octanol–water partition coefficient (Wildman–Crippen LogP) is 4.71. The quantitative estimate of drug-likeness (QED) is 0.546. The van der Waals surface area contributed by atoms with Crippen LogP contribution in [-0.2, 0) is 0 Å². The number of aromatic hydroxyl groups is 1. The van der Waals surface area contributed by atoms with Crippen LogP contribution in [0, 0.1) is 11.7 Å². The summed E-state index contributed by atoms with van der Waals surface area (Å²) in [4.78, 5) is 12.1. The van der Waals surface area contributed by atoms with E-state index < -0.39 is 5.82 Å². The third-order valence-corrected chi connectivity index (χ3v) is 3.41. The lowest BCUT2D eigenvalue weighted by Gasteiger charge is -2.11. The summed E-state index contributed by atoms with van der Waals surface area (Å²) < 4.78 is 13.6. The molecule has 1 aromatic rings. The molecule has 0 saturated heterocycles. The molecule has 1 aromatic carbocycles. The molecule has 0 aromatic heterocycles. The van der Waals surface area contributed by atoms with Crippen LogP contribution in [0.4, 0.5) is 4.39 Å². The third kappa shape index (κ3) is 5.01. The molecule has 2 nitrogen and oxygen atoms in total. The van der Waals surface area contributed by atoms with Crippen LogP contribution in [0.25, 0.3) is 0 Å². The highest BCUT2D eigenvalue weighted by Gasteiger charge is 2.18. The van der Waals surface area contributed by atoms with E-state index >= 15 is 0 Å². The van der Waals surface area contributed by atoms with Gasteiger partial charge in [-0.3, -0.25) is 4.79 Å². The van der Waals surface area contributed by atoms with Gasteiger partial charge in [-0.25, -0.2) is 4.39 Å². The van der Waals surface area contributed by atoms with E-state index in [1.807, 2.05) is 6.92 Å². The Morgan fingerprint density at radius 1 is 1.26 bits per heavy atom. The van der Waals surface area contributed by atoms with Crippen molar-refractivity contribution in [3.8, 4) is 5.75 Å². The fourth-order valence-electron chi connectivity index (χ4n) is 2.15. The average Bonchev–Trinajstić information content (AvgIpc) is 2.37. The van der Waals surface area contributed by atoms with Crippen molar-refractivity contribution in [1.29, 1.82) is 0 Å². The van der Waals surface area contributed by atoms with Crippen molar-refractivity contribution in [2.24, 2.45) is 5.92 Å². The predicted molar refractivity (Wildman–Crippen MR) is 74.9 cm³/mol. The van der Waals surface area contributed by atoms with Crippen LogP contribution in [-0.4, -0.2) is 10.9 Å². The number of rotatable bonds is 8. The van der Waals surface area contributed by atoms with Gasteiger partial charge in [-0.1, -0.05) is 46.0 Å². The molecule has 1 atom stereocenters. The highest BCUT2D eigenvalue weighted by molar-refractivity contribution is 5.97. The molecule has 1 unspecified atom stereocenters. The first-order valence-electron chi connectivity index (χ1n) is 7.09. The topological polar surface area (TPSA) is 37.3 Å². The Labute approximate surface area is 114 Å². The number of hydrogen-bond acceptors (Lipinski definition) is 2. The van der Waals surface area contributed by atoms with Gasteiger partial charge in [0.15, 0.2) is 5.78 Å². The van der Waals surface area contributed by atoms with E-state index in [-0.39, 0.29) is 23.0 Å². The molecule has 0 saturated carbocycles. The summed E-state index contributed by atoms with van der Waals surface area (Å²) in [6.45, 7) is 4.01. The lowest BCUT2D eigenvalue weighted by atomic mass is 9.93. The van der Waals surface area contributed by atoms with Crippen LogP contribution in [0.15, 0.2) is 18.2 Å². The average molecular weight is 266 g/mol. The van der Waals surface area contributed by atoms with E-state index in [2.05, 4.69) is 6.92 Å². The summed E-state index contributed by atoms with van der Waals surface area (Å²) >= 11 is 0. The Hall–Kier alpha value is -1.38. The van der Waals surface area contributed by atoms with Gasteiger partial charge in [0.05, 0.1) is 5.56 Å². The molecular weight excluding hydrogens is 243 g/mol. The number of Topliss-reactive ketones (excluding diaryl/α,β-unsaturated/α-hetero) is 1. The van der Waals surface area contributed by atoms with Gasteiger partial charge < -0.3 is 5.11 Å². The molecule has 3 heteroatoms. The van der Waals surface area contributed by atoms with Gasteiger partial charge >= 0.3 is 0 Å². The zero-order valence-electron chi connectivity index (χ0n) is 11.8. The zero-order chi connectivity index (χ0) is 14.3. The standard InChI is InChI=1S/C16H23FO2/c1-3-4-5-6-7-8-12(2)16(19)14-10-9-13(18)11-15(14)17/h9-12,18H,3-8H2,1-2H3. The second kappa shape index (κ2) is 7.93. The Bertz CT molecular complexity index is 415. The van der Waals surface area contributed by atoms with Gasteiger partial charge in [0.1, 0.15) is 11.6 Å². The number of carbonyl (C=O) groups is 1. The normalized spacial score (nSPS) is 12.4. The molecule has 0 spiro atoms. The first-order valence-corrected chi connectivity index (χ1v) is 7.09. The van der Waals surface area contributed by atoms with Crippen molar-refractivity contribution < 1.29 is 14.3 Å². The summed E-state index contributed by atoms with van der Waals surface area (Å²) in [5, 5.41) is 9.13. The van der Waals surface area contributed by atoms with Crippen molar-refractivity contribution >= 4 is 5.78 Å². The van der Waals surface area contributed by atoms with Crippen molar-refractivity contribution in [2.45, 2.75) is 52.4 Å².